The number of rotatable bonds is 6. The van der Waals surface area contributed by atoms with Crippen molar-refractivity contribution >= 4 is 23.5 Å². The summed E-state index contributed by atoms with van der Waals surface area (Å²) >= 11 is 0. The first-order valence-electron chi connectivity index (χ1n) is 6.78. The molecule has 7 heteroatoms. The number of benzene rings is 2. The maximum absolute atomic E-state index is 10.9. The zero-order chi connectivity index (χ0) is 16.8. The fourth-order valence-electron chi connectivity index (χ4n) is 1.86. The monoisotopic (exact) mass is 313 g/mol. The first-order chi connectivity index (χ1) is 11.0. The SMILES string of the molecule is CC(=NOc1cc(NC=O)cc([N+](=O)[O-])c1)c1ccc(C)cc1. The molecule has 0 spiro atoms. The molecule has 0 aromatic heterocycles. The van der Waals surface area contributed by atoms with Crippen molar-refractivity contribution in [3.8, 4) is 5.75 Å². The molecule has 7 nitrogen and oxygen atoms in total. The highest BCUT2D eigenvalue weighted by Crippen LogP contribution is 2.26. The first-order valence-corrected chi connectivity index (χ1v) is 6.78. The molecule has 118 valence electrons. The lowest BCUT2D eigenvalue weighted by Crippen LogP contribution is -2.00. The molecule has 0 aliphatic heterocycles. The van der Waals surface area contributed by atoms with Gasteiger partial charge in [0.2, 0.25) is 6.41 Å². The number of carbonyl (C=O) groups excluding carboxylic acids is 1. The Balaban J connectivity index is 2.24. The van der Waals surface area contributed by atoms with Crippen LogP contribution in [0.15, 0.2) is 47.6 Å². The summed E-state index contributed by atoms with van der Waals surface area (Å²) in [6.45, 7) is 3.75. The van der Waals surface area contributed by atoms with Crippen LogP contribution in [0, 0.1) is 17.0 Å². The van der Waals surface area contributed by atoms with Gasteiger partial charge in [-0.2, -0.15) is 0 Å². The molecule has 23 heavy (non-hydrogen) atoms. The van der Waals surface area contributed by atoms with Gasteiger partial charge in [-0.05, 0) is 19.4 Å². The summed E-state index contributed by atoms with van der Waals surface area (Å²) in [4.78, 5) is 26.1. The van der Waals surface area contributed by atoms with Crippen LogP contribution in [-0.2, 0) is 4.79 Å². The van der Waals surface area contributed by atoms with E-state index in [-0.39, 0.29) is 17.1 Å². The number of carbonyl (C=O) groups is 1. The molecule has 2 aromatic carbocycles. The van der Waals surface area contributed by atoms with Crippen LogP contribution < -0.4 is 10.2 Å². The predicted octanol–water partition coefficient (Wildman–Crippen LogP) is 3.27. The standard InChI is InChI=1S/C16H15N3O4/c1-11-3-5-13(6-4-11)12(2)18-23-16-8-14(17-10-20)7-15(9-16)19(21)22/h3-10H,1-2H3,(H,17,20). The highest BCUT2D eigenvalue weighted by atomic mass is 16.6. The predicted molar refractivity (Wildman–Crippen MR) is 86.8 cm³/mol. The molecule has 0 atom stereocenters. The van der Waals surface area contributed by atoms with Crippen molar-refractivity contribution in [3.63, 3.8) is 0 Å². The molecule has 0 unspecified atom stereocenters. The van der Waals surface area contributed by atoms with Gasteiger partial charge in [0.15, 0.2) is 5.75 Å². The van der Waals surface area contributed by atoms with E-state index in [1.165, 1.54) is 18.2 Å². The minimum atomic E-state index is -0.570. The average molecular weight is 313 g/mol. The maximum Gasteiger partial charge on any atom is 0.275 e. The molecule has 1 N–H and O–H groups in total. The minimum absolute atomic E-state index is 0.162. The molecule has 2 aromatic rings. The van der Waals surface area contributed by atoms with Crippen molar-refractivity contribution in [3.05, 3.63) is 63.7 Å². The summed E-state index contributed by atoms with van der Waals surface area (Å²) in [6, 6.07) is 11.6. The lowest BCUT2D eigenvalue weighted by atomic mass is 10.1. The summed E-state index contributed by atoms with van der Waals surface area (Å²) < 4.78 is 0. The zero-order valence-corrected chi connectivity index (χ0v) is 12.6. The summed E-state index contributed by atoms with van der Waals surface area (Å²) in [5, 5.41) is 17.2. The molecule has 0 saturated carbocycles. The van der Waals surface area contributed by atoms with Crippen LogP contribution in [0.2, 0.25) is 0 Å². The lowest BCUT2D eigenvalue weighted by Gasteiger charge is -2.05. The molecular formula is C16H15N3O4. The molecule has 2 rings (SSSR count). The summed E-state index contributed by atoms with van der Waals surface area (Å²) in [6.07, 6.45) is 0.434. The third-order valence-electron chi connectivity index (χ3n) is 3.09. The number of nitro groups is 1. The Kier molecular flexibility index (Phi) is 5.03. The highest BCUT2D eigenvalue weighted by molar-refractivity contribution is 5.98. The van der Waals surface area contributed by atoms with Gasteiger partial charge in [-0.3, -0.25) is 14.9 Å². The molecule has 0 aliphatic carbocycles. The van der Waals surface area contributed by atoms with Gasteiger partial charge in [0.05, 0.1) is 22.4 Å². The molecule has 0 bridgehead atoms. The van der Waals surface area contributed by atoms with Gasteiger partial charge < -0.3 is 10.2 Å². The molecule has 0 saturated heterocycles. The number of nitrogens with one attached hydrogen (secondary N) is 1. The smallest absolute Gasteiger partial charge is 0.275 e. The average Bonchev–Trinajstić information content (AvgIpc) is 2.53. The van der Waals surface area contributed by atoms with Crippen molar-refractivity contribution in [2.75, 3.05) is 5.32 Å². The van der Waals surface area contributed by atoms with Crippen LogP contribution in [0.5, 0.6) is 5.75 Å². The fraction of sp³-hybridized carbons (Fsp3) is 0.125. The van der Waals surface area contributed by atoms with E-state index in [0.29, 0.717) is 12.1 Å². The summed E-state index contributed by atoms with van der Waals surface area (Å²) in [5.41, 5.74) is 2.70. The van der Waals surface area contributed by atoms with Gasteiger partial charge in [0.1, 0.15) is 0 Å². The Labute approximate surface area is 132 Å². The quantitative estimate of drug-likeness (QED) is 0.383. The largest absolute Gasteiger partial charge is 0.356 e. The number of nitrogens with zero attached hydrogens (tertiary/aromatic N) is 2. The van der Waals surface area contributed by atoms with E-state index in [1.807, 2.05) is 31.2 Å². The fourth-order valence-corrected chi connectivity index (χ4v) is 1.86. The van der Waals surface area contributed by atoms with Crippen LogP contribution >= 0.6 is 0 Å². The maximum atomic E-state index is 10.9. The molecule has 0 heterocycles. The number of aryl methyl sites for hydroxylation is 1. The van der Waals surface area contributed by atoms with Crippen molar-refractivity contribution < 1.29 is 14.6 Å². The van der Waals surface area contributed by atoms with Crippen molar-refractivity contribution in [1.29, 1.82) is 0 Å². The minimum Gasteiger partial charge on any atom is -0.356 e. The van der Waals surface area contributed by atoms with Gasteiger partial charge in [0.25, 0.3) is 5.69 Å². The first kappa shape index (κ1) is 16.2. The Hall–Kier alpha value is -3.22. The number of nitro benzene ring substituents is 1. The summed E-state index contributed by atoms with van der Waals surface area (Å²) in [5.74, 6) is 0.162. The molecule has 0 aliphatic rings. The van der Waals surface area contributed by atoms with Gasteiger partial charge in [-0.15, -0.1) is 0 Å². The van der Waals surface area contributed by atoms with E-state index in [9.17, 15) is 14.9 Å². The Morgan fingerprint density at radius 1 is 1.26 bits per heavy atom. The van der Waals surface area contributed by atoms with Gasteiger partial charge in [-0.25, -0.2) is 0 Å². The van der Waals surface area contributed by atoms with Crippen molar-refractivity contribution in [2.45, 2.75) is 13.8 Å². The van der Waals surface area contributed by atoms with E-state index < -0.39 is 4.92 Å². The number of anilines is 1. The number of hydrogen-bond acceptors (Lipinski definition) is 5. The third-order valence-corrected chi connectivity index (χ3v) is 3.09. The molecular weight excluding hydrogens is 298 g/mol. The van der Waals surface area contributed by atoms with Crippen LogP contribution in [-0.4, -0.2) is 17.0 Å². The topological polar surface area (TPSA) is 93.8 Å². The van der Waals surface area contributed by atoms with Crippen LogP contribution in [0.3, 0.4) is 0 Å². The van der Waals surface area contributed by atoms with E-state index in [0.717, 1.165) is 11.1 Å². The van der Waals surface area contributed by atoms with E-state index in [4.69, 9.17) is 4.84 Å². The molecule has 1 amide bonds. The van der Waals surface area contributed by atoms with Gasteiger partial charge in [0, 0.05) is 12.1 Å². The van der Waals surface area contributed by atoms with E-state index in [1.54, 1.807) is 6.92 Å². The van der Waals surface area contributed by atoms with E-state index in [2.05, 4.69) is 10.5 Å². The van der Waals surface area contributed by atoms with Crippen LogP contribution in [0.25, 0.3) is 0 Å². The van der Waals surface area contributed by atoms with Crippen LogP contribution in [0.4, 0.5) is 11.4 Å². The second-order valence-corrected chi connectivity index (χ2v) is 4.87. The van der Waals surface area contributed by atoms with Crippen LogP contribution in [0.1, 0.15) is 18.1 Å². The number of non-ortho nitro benzene ring substituents is 1. The Bertz CT molecular complexity index is 754. The van der Waals surface area contributed by atoms with Gasteiger partial charge >= 0.3 is 0 Å². The highest BCUT2D eigenvalue weighted by Gasteiger charge is 2.11. The number of hydrogen-bond donors (Lipinski definition) is 1. The Morgan fingerprint density at radius 3 is 2.57 bits per heavy atom. The third kappa shape index (κ3) is 4.37. The molecule has 0 radical (unpaired) electrons. The van der Waals surface area contributed by atoms with Crippen molar-refractivity contribution in [2.24, 2.45) is 5.16 Å². The number of oxime groups is 1. The Morgan fingerprint density at radius 2 is 1.96 bits per heavy atom. The summed E-state index contributed by atoms with van der Waals surface area (Å²) in [7, 11) is 0. The normalized spacial score (nSPS) is 11.0. The van der Waals surface area contributed by atoms with Gasteiger partial charge in [-0.1, -0.05) is 35.0 Å². The number of amides is 1. The molecule has 0 fully saturated rings. The lowest BCUT2D eigenvalue weighted by molar-refractivity contribution is -0.384. The second kappa shape index (κ2) is 7.17. The van der Waals surface area contributed by atoms with Crippen molar-refractivity contribution in [1.82, 2.24) is 0 Å². The zero-order valence-electron chi connectivity index (χ0n) is 12.6. The van der Waals surface area contributed by atoms with E-state index >= 15 is 0 Å². The second-order valence-electron chi connectivity index (χ2n) is 4.87.